The standard InChI is InChI=1S/C25H27N3O3/c1-17-8-5-9-18(2)22(17)28(25(30)21-13-7-15-31-21)23(19-10-6-14-26-16-19)24(29)27-20-11-3-4-12-20/h5-10,13-16,20,23H,3-4,11-12H2,1-2H3,(H,27,29)/t23-/m1/s1. The number of rotatable bonds is 6. The van der Waals surface area contributed by atoms with Gasteiger partial charge in [0.15, 0.2) is 5.76 Å². The van der Waals surface area contributed by atoms with Crippen molar-refractivity contribution in [1.29, 1.82) is 0 Å². The van der Waals surface area contributed by atoms with Gasteiger partial charge in [0.25, 0.3) is 5.91 Å². The van der Waals surface area contributed by atoms with Crippen LogP contribution in [0.3, 0.4) is 0 Å². The fourth-order valence-electron chi connectivity index (χ4n) is 4.36. The quantitative estimate of drug-likeness (QED) is 0.629. The molecule has 2 amide bonds. The maximum absolute atomic E-state index is 13.7. The molecule has 2 heterocycles. The zero-order valence-electron chi connectivity index (χ0n) is 17.9. The first kappa shape index (κ1) is 20.8. The molecule has 1 aromatic carbocycles. The van der Waals surface area contributed by atoms with Gasteiger partial charge in [0.1, 0.15) is 6.04 Å². The van der Waals surface area contributed by atoms with E-state index in [2.05, 4.69) is 10.3 Å². The number of nitrogens with zero attached hydrogens (tertiary/aromatic N) is 2. The highest BCUT2D eigenvalue weighted by atomic mass is 16.3. The molecule has 0 unspecified atom stereocenters. The number of para-hydroxylation sites is 1. The van der Waals surface area contributed by atoms with Gasteiger partial charge < -0.3 is 9.73 Å². The summed E-state index contributed by atoms with van der Waals surface area (Å²) in [6.07, 6.45) is 8.90. The molecule has 4 rings (SSSR count). The van der Waals surface area contributed by atoms with Crippen LogP contribution in [0.5, 0.6) is 0 Å². The second-order valence-electron chi connectivity index (χ2n) is 8.07. The number of furan rings is 1. The molecule has 0 bridgehead atoms. The van der Waals surface area contributed by atoms with E-state index in [1.807, 2.05) is 38.1 Å². The van der Waals surface area contributed by atoms with Gasteiger partial charge in [-0.2, -0.15) is 0 Å². The average Bonchev–Trinajstić information content (AvgIpc) is 3.47. The van der Waals surface area contributed by atoms with Crippen LogP contribution in [-0.4, -0.2) is 22.8 Å². The van der Waals surface area contributed by atoms with Crippen molar-refractivity contribution in [3.63, 3.8) is 0 Å². The molecule has 1 atom stereocenters. The van der Waals surface area contributed by atoms with Gasteiger partial charge in [0.05, 0.1) is 12.0 Å². The molecule has 1 fully saturated rings. The van der Waals surface area contributed by atoms with Gasteiger partial charge in [0.2, 0.25) is 5.91 Å². The van der Waals surface area contributed by atoms with Gasteiger partial charge in [0, 0.05) is 24.0 Å². The van der Waals surface area contributed by atoms with E-state index in [9.17, 15) is 9.59 Å². The predicted molar refractivity (Wildman–Crippen MR) is 119 cm³/mol. The van der Waals surface area contributed by atoms with Crippen molar-refractivity contribution in [1.82, 2.24) is 10.3 Å². The van der Waals surface area contributed by atoms with Crippen LogP contribution in [0, 0.1) is 13.8 Å². The van der Waals surface area contributed by atoms with E-state index in [1.54, 1.807) is 35.5 Å². The average molecular weight is 418 g/mol. The Kier molecular flexibility index (Phi) is 6.16. The summed E-state index contributed by atoms with van der Waals surface area (Å²) in [7, 11) is 0. The van der Waals surface area contributed by atoms with E-state index in [0.717, 1.165) is 36.8 Å². The zero-order valence-corrected chi connectivity index (χ0v) is 17.9. The molecule has 1 aliphatic carbocycles. The van der Waals surface area contributed by atoms with Crippen molar-refractivity contribution in [2.45, 2.75) is 51.6 Å². The molecule has 3 aromatic rings. The summed E-state index contributed by atoms with van der Waals surface area (Å²) in [5, 5.41) is 3.18. The highest BCUT2D eigenvalue weighted by Gasteiger charge is 2.37. The minimum atomic E-state index is -0.869. The SMILES string of the molecule is Cc1cccc(C)c1N(C(=O)c1ccco1)[C@@H](C(=O)NC1CCCC1)c1cccnc1. The first-order valence-electron chi connectivity index (χ1n) is 10.7. The first-order chi connectivity index (χ1) is 15.1. The minimum absolute atomic E-state index is 0.130. The molecule has 160 valence electrons. The fraction of sp³-hybridized carbons (Fsp3) is 0.320. The Morgan fingerprint density at radius 3 is 2.42 bits per heavy atom. The molecule has 6 nitrogen and oxygen atoms in total. The second-order valence-corrected chi connectivity index (χ2v) is 8.07. The van der Waals surface area contributed by atoms with Crippen LogP contribution in [0.4, 0.5) is 5.69 Å². The summed E-state index contributed by atoms with van der Waals surface area (Å²) in [4.78, 5) is 33.1. The topological polar surface area (TPSA) is 75.4 Å². The van der Waals surface area contributed by atoms with Crippen molar-refractivity contribution in [3.8, 4) is 0 Å². The van der Waals surface area contributed by atoms with Crippen LogP contribution in [0.2, 0.25) is 0 Å². The van der Waals surface area contributed by atoms with Crippen LogP contribution >= 0.6 is 0 Å². The summed E-state index contributed by atoms with van der Waals surface area (Å²) in [5.74, 6) is -0.384. The minimum Gasteiger partial charge on any atom is -0.459 e. The number of nitrogens with one attached hydrogen (secondary N) is 1. The molecule has 1 aliphatic rings. The number of benzene rings is 1. The Morgan fingerprint density at radius 2 is 1.81 bits per heavy atom. The van der Waals surface area contributed by atoms with Gasteiger partial charge in [-0.25, -0.2) is 0 Å². The monoisotopic (exact) mass is 417 g/mol. The van der Waals surface area contributed by atoms with Crippen LogP contribution in [0.25, 0.3) is 0 Å². The maximum Gasteiger partial charge on any atom is 0.294 e. The molecule has 6 heteroatoms. The van der Waals surface area contributed by atoms with Crippen molar-refractivity contribution in [2.75, 3.05) is 4.90 Å². The van der Waals surface area contributed by atoms with Crippen LogP contribution in [-0.2, 0) is 4.79 Å². The zero-order chi connectivity index (χ0) is 21.8. The Balaban J connectivity index is 1.85. The molecule has 0 saturated heterocycles. The number of carbonyl (C=O) groups is 2. The molecular weight excluding hydrogens is 390 g/mol. The molecule has 0 radical (unpaired) electrons. The number of amides is 2. The third-order valence-corrected chi connectivity index (χ3v) is 5.84. The van der Waals surface area contributed by atoms with Gasteiger partial charge in [-0.05, 0) is 56.0 Å². The van der Waals surface area contributed by atoms with Crippen molar-refractivity contribution >= 4 is 17.5 Å². The van der Waals surface area contributed by atoms with E-state index in [-0.39, 0.29) is 23.6 Å². The van der Waals surface area contributed by atoms with Crippen molar-refractivity contribution < 1.29 is 14.0 Å². The normalized spacial score (nSPS) is 14.9. The Hall–Kier alpha value is -3.41. The van der Waals surface area contributed by atoms with Gasteiger partial charge in [-0.3, -0.25) is 19.5 Å². The van der Waals surface area contributed by atoms with Gasteiger partial charge >= 0.3 is 0 Å². The summed E-state index contributed by atoms with van der Waals surface area (Å²) < 4.78 is 5.44. The lowest BCUT2D eigenvalue weighted by Crippen LogP contribution is -2.46. The largest absolute Gasteiger partial charge is 0.459 e. The molecule has 1 saturated carbocycles. The Labute approximate surface area is 182 Å². The van der Waals surface area contributed by atoms with Crippen LogP contribution in [0.15, 0.2) is 65.5 Å². The van der Waals surface area contributed by atoms with Crippen molar-refractivity contribution in [2.24, 2.45) is 0 Å². The molecule has 31 heavy (non-hydrogen) atoms. The van der Waals surface area contributed by atoms with E-state index in [1.165, 1.54) is 6.26 Å². The van der Waals surface area contributed by atoms with Crippen molar-refractivity contribution in [3.05, 3.63) is 83.6 Å². The lowest BCUT2D eigenvalue weighted by atomic mass is 10.00. The summed E-state index contributed by atoms with van der Waals surface area (Å²) in [6, 6.07) is 12.0. The summed E-state index contributed by atoms with van der Waals surface area (Å²) in [6.45, 7) is 3.89. The molecule has 1 N–H and O–H groups in total. The van der Waals surface area contributed by atoms with Gasteiger partial charge in [-0.1, -0.05) is 37.1 Å². The second kappa shape index (κ2) is 9.16. The number of aromatic nitrogens is 1. The highest BCUT2D eigenvalue weighted by Crippen LogP contribution is 2.34. The molecule has 0 aliphatic heterocycles. The summed E-state index contributed by atoms with van der Waals surface area (Å²) >= 11 is 0. The van der Waals surface area contributed by atoms with E-state index >= 15 is 0 Å². The number of aryl methyl sites for hydroxylation is 2. The Bertz CT molecular complexity index is 1020. The van der Waals surface area contributed by atoms with Crippen LogP contribution in [0.1, 0.15) is 59.0 Å². The predicted octanol–water partition coefficient (Wildman–Crippen LogP) is 4.74. The van der Waals surface area contributed by atoms with Crippen LogP contribution < -0.4 is 10.2 Å². The number of anilines is 1. The number of hydrogen-bond acceptors (Lipinski definition) is 4. The third kappa shape index (κ3) is 4.38. The van der Waals surface area contributed by atoms with E-state index in [4.69, 9.17) is 4.42 Å². The lowest BCUT2D eigenvalue weighted by Gasteiger charge is -2.33. The van der Waals surface area contributed by atoms with E-state index < -0.39 is 6.04 Å². The summed E-state index contributed by atoms with van der Waals surface area (Å²) in [5.41, 5.74) is 3.17. The number of hydrogen-bond donors (Lipinski definition) is 1. The fourth-order valence-corrected chi connectivity index (χ4v) is 4.36. The molecule has 0 spiro atoms. The Morgan fingerprint density at radius 1 is 1.06 bits per heavy atom. The maximum atomic E-state index is 13.7. The number of pyridine rings is 1. The van der Waals surface area contributed by atoms with Gasteiger partial charge in [-0.15, -0.1) is 0 Å². The lowest BCUT2D eigenvalue weighted by molar-refractivity contribution is -0.123. The number of carbonyl (C=O) groups excluding carboxylic acids is 2. The molecular formula is C25H27N3O3. The third-order valence-electron chi connectivity index (χ3n) is 5.84. The smallest absolute Gasteiger partial charge is 0.294 e. The highest BCUT2D eigenvalue weighted by molar-refractivity contribution is 6.09. The van der Waals surface area contributed by atoms with E-state index in [0.29, 0.717) is 11.3 Å². The molecule has 2 aromatic heterocycles. The first-order valence-corrected chi connectivity index (χ1v) is 10.7.